The van der Waals surface area contributed by atoms with Crippen molar-refractivity contribution in [3.05, 3.63) is 77.2 Å². The van der Waals surface area contributed by atoms with Crippen LogP contribution in [0.5, 0.6) is 0 Å². The van der Waals surface area contributed by atoms with Crippen LogP contribution in [0.25, 0.3) is 0 Å². The van der Waals surface area contributed by atoms with Gasteiger partial charge in [-0.25, -0.2) is 9.37 Å². The van der Waals surface area contributed by atoms with Crippen molar-refractivity contribution in [2.24, 2.45) is 0 Å². The number of benzene rings is 2. The number of hydrogen-bond donors (Lipinski definition) is 2. The highest BCUT2D eigenvalue weighted by molar-refractivity contribution is 6.03. The molecule has 1 aliphatic heterocycles. The highest BCUT2D eigenvalue weighted by Crippen LogP contribution is 2.23. The number of rotatable bonds is 7. The highest BCUT2D eigenvalue weighted by Gasteiger charge is 2.22. The van der Waals surface area contributed by atoms with Gasteiger partial charge in [-0.2, -0.15) is 15.0 Å². The third kappa shape index (κ3) is 5.56. The Morgan fingerprint density at radius 2 is 1.66 bits per heavy atom. The van der Waals surface area contributed by atoms with Gasteiger partial charge in [0.15, 0.2) is 0 Å². The lowest BCUT2D eigenvalue weighted by atomic mass is 10.1. The molecule has 0 saturated carbocycles. The van der Waals surface area contributed by atoms with Crippen LogP contribution in [0.15, 0.2) is 53.1 Å². The fourth-order valence-corrected chi connectivity index (χ4v) is 4.30. The summed E-state index contributed by atoms with van der Waals surface area (Å²) in [6.45, 7) is 8.73. The van der Waals surface area contributed by atoms with Crippen LogP contribution in [-0.4, -0.2) is 52.0 Å². The van der Waals surface area contributed by atoms with Crippen LogP contribution in [-0.2, 0) is 6.42 Å². The number of carbonyl (C=O) groups excluding carboxylic acids is 1. The van der Waals surface area contributed by atoms with E-state index in [1.54, 1.807) is 12.1 Å². The second-order valence-electron chi connectivity index (χ2n) is 9.05. The molecule has 0 unspecified atom stereocenters. The van der Waals surface area contributed by atoms with Gasteiger partial charge in [-0.3, -0.25) is 10.1 Å². The second-order valence-corrected chi connectivity index (χ2v) is 9.05. The first-order chi connectivity index (χ1) is 18.4. The summed E-state index contributed by atoms with van der Waals surface area (Å²) in [4.78, 5) is 34.9. The fourth-order valence-electron chi connectivity index (χ4n) is 4.30. The number of para-hydroxylation sites is 1. The van der Waals surface area contributed by atoms with E-state index >= 15 is 0 Å². The molecule has 11 heteroatoms. The SMILES string of the molecule is CCc1nc(Nc2ncc(C(=O)Nc3c(C)cccc3C)o2)nc(N2CCN(c3ccc(F)cc3)CC2)n1. The van der Waals surface area contributed by atoms with E-state index in [1.165, 1.54) is 18.3 Å². The predicted octanol–water partition coefficient (Wildman–Crippen LogP) is 4.50. The summed E-state index contributed by atoms with van der Waals surface area (Å²) >= 11 is 0. The standard InChI is InChI=1S/C27H29FN8O2/c1-4-22-30-25(33-26(31-22)36-14-12-35(13-15-36)20-10-8-19(28)9-11-20)34-27-29-16-21(38-27)24(37)32-23-17(2)6-5-7-18(23)3/h5-11,16H,4,12-15H2,1-3H3,(H,32,37)(H,29,30,31,33,34). The molecule has 4 aromatic rings. The first-order valence-corrected chi connectivity index (χ1v) is 12.5. The maximum atomic E-state index is 13.3. The smallest absolute Gasteiger partial charge is 0.302 e. The molecule has 1 saturated heterocycles. The quantitative estimate of drug-likeness (QED) is 0.367. The Balaban J connectivity index is 1.26. The summed E-state index contributed by atoms with van der Waals surface area (Å²) in [5, 5.41) is 5.86. The molecule has 0 aliphatic carbocycles. The minimum absolute atomic E-state index is 0.0667. The van der Waals surface area contributed by atoms with Crippen molar-refractivity contribution in [2.45, 2.75) is 27.2 Å². The lowest BCUT2D eigenvalue weighted by molar-refractivity contribution is 0.0997. The Morgan fingerprint density at radius 3 is 2.34 bits per heavy atom. The van der Waals surface area contributed by atoms with Gasteiger partial charge in [-0.15, -0.1) is 0 Å². The van der Waals surface area contributed by atoms with Crippen LogP contribution < -0.4 is 20.4 Å². The van der Waals surface area contributed by atoms with E-state index in [4.69, 9.17) is 4.42 Å². The predicted molar refractivity (Wildman–Crippen MR) is 144 cm³/mol. The van der Waals surface area contributed by atoms with Gasteiger partial charge in [-0.05, 0) is 49.2 Å². The highest BCUT2D eigenvalue weighted by atomic mass is 19.1. The van der Waals surface area contributed by atoms with E-state index < -0.39 is 5.91 Å². The molecule has 10 nitrogen and oxygen atoms in total. The van der Waals surface area contributed by atoms with Crippen LogP contribution in [0.3, 0.4) is 0 Å². The Labute approximate surface area is 220 Å². The monoisotopic (exact) mass is 516 g/mol. The van der Waals surface area contributed by atoms with Gasteiger partial charge in [0.1, 0.15) is 11.6 Å². The minimum Gasteiger partial charge on any atom is -0.418 e. The third-order valence-corrected chi connectivity index (χ3v) is 6.41. The molecule has 38 heavy (non-hydrogen) atoms. The molecular weight excluding hydrogens is 487 g/mol. The van der Waals surface area contributed by atoms with Crippen LogP contribution >= 0.6 is 0 Å². The van der Waals surface area contributed by atoms with Crippen LogP contribution in [0, 0.1) is 19.7 Å². The number of carbonyl (C=O) groups is 1. The lowest BCUT2D eigenvalue weighted by Crippen LogP contribution is -2.47. The molecule has 1 aliphatic rings. The number of hydrogen-bond acceptors (Lipinski definition) is 9. The fraction of sp³-hybridized carbons (Fsp3) is 0.296. The molecular formula is C27H29FN8O2. The topological polar surface area (TPSA) is 112 Å². The zero-order valence-electron chi connectivity index (χ0n) is 21.5. The number of nitrogens with one attached hydrogen (secondary N) is 2. The molecule has 1 fully saturated rings. The average molecular weight is 517 g/mol. The van der Waals surface area contributed by atoms with Crippen molar-refractivity contribution >= 4 is 35.2 Å². The Bertz CT molecular complexity index is 1410. The van der Waals surface area contributed by atoms with Crippen LogP contribution in [0.4, 0.5) is 33.7 Å². The Kier molecular flexibility index (Phi) is 7.16. The molecule has 5 rings (SSSR count). The lowest BCUT2D eigenvalue weighted by Gasteiger charge is -2.36. The summed E-state index contributed by atoms with van der Waals surface area (Å²) in [5.41, 5.74) is 3.65. The zero-order valence-corrected chi connectivity index (χ0v) is 21.5. The summed E-state index contributed by atoms with van der Waals surface area (Å²) in [6, 6.07) is 12.4. The van der Waals surface area contributed by atoms with Crippen molar-refractivity contribution < 1.29 is 13.6 Å². The largest absolute Gasteiger partial charge is 0.418 e. The maximum Gasteiger partial charge on any atom is 0.302 e. The van der Waals surface area contributed by atoms with E-state index in [1.807, 2.05) is 39.0 Å². The molecule has 1 amide bonds. The van der Waals surface area contributed by atoms with E-state index in [9.17, 15) is 9.18 Å². The third-order valence-electron chi connectivity index (χ3n) is 6.41. The van der Waals surface area contributed by atoms with Gasteiger partial charge in [0, 0.05) is 44.0 Å². The molecule has 2 aromatic carbocycles. The first kappa shape index (κ1) is 25.1. The van der Waals surface area contributed by atoms with Gasteiger partial charge in [0.05, 0.1) is 6.20 Å². The second kappa shape index (κ2) is 10.8. The zero-order chi connectivity index (χ0) is 26.6. The number of halogens is 1. The van der Waals surface area contributed by atoms with Crippen molar-refractivity contribution in [1.82, 2.24) is 19.9 Å². The summed E-state index contributed by atoms with van der Waals surface area (Å²) in [6.07, 6.45) is 1.98. The first-order valence-electron chi connectivity index (χ1n) is 12.5. The van der Waals surface area contributed by atoms with Gasteiger partial charge in [-0.1, -0.05) is 25.1 Å². The summed E-state index contributed by atoms with van der Waals surface area (Å²) < 4.78 is 18.9. The van der Waals surface area contributed by atoms with Crippen molar-refractivity contribution in [3.8, 4) is 0 Å². The molecule has 2 aromatic heterocycles. The van der Waals surface area contributed by atoms with Gasteiger partial charge < -0.3 is 19.5 Å². The number of aromatic nitrogens is 4. The van der Waals surface area contributed by atoms with Gasteiger partial charge >= 0.3 is 6.01 Å². The molecule has 0 spiro atoms. The molecule has 0 atom stereocenters. The Morgan fingerprint density at radius 1 is 0.974 bits per heavy atom. The molecule has 2 N–H and O–H groups in total. The Hall–Kier alpha value is -4.54. The van der Waals surface area contributed by atoms with E-state index in [-0.39, 0.29) is 23.5 Å². The molecule has 196 valence electrons. The van der Waals surface area contributed by atoms with Crippen molar-refractivity contribution in [2.75, 3.05) is 46.6 Å². The van der Waals surface area contributed by atoms with Crippen molar-refractivity contribution in [3.63, 3.8) is 0 Å². The average Bonchev–Trinajstić information content (AvgIpc) is 3.39. The van der Waals surface area contributed by atoms with Crippen LogP contribution in [0.2, 0.25) is 0 Å². The minimum atomic E-state index is -0.396. The number of piperazine rings is 1. The molecule has 0 radical (unpaired) electrons. The number of aryl methyl sites for hydroxylation is 3. The van der Waals surface area contributed by atoms with E-state index in [0.29, 0.717) is 31.3 Å². The normalized spacial score (nSPS) is 13.5. The number of nitrogens with zero attached hydrogens (tertiary/aromatic N) is 6. The van der Waals surface area contributed by atoms with Gasteiger partial charge in [0.25, 0.3) is 5.91 Å². The summed E-state index contributed by atoms with van der Waals surface area (Å²) in [5.74, 6) is 0.890. The maximum absolute atomic E-state index is 13.3. The van der Waals surface area contributed by atoms with Crippen molar-refractivity contribution in [1.29, 1.82) is 0 Å². The summed E-state index contributed by atoms with van der Waals surface area (Å²) in [7, 11) is 0. The van der Waals surface area contributed by atoms with E-state index in [0.717, 1.165) is 35.6 Å². The number of amides is 1. The number of anilines is 5. The molecule has 0 bridgehead atoms. The van der Waals surface area contributed by atoms with Crippen LogP contribution in [0.1, 0.15) is 34.4 Å². The number of oxazole rings is 1. The van der Waals surface area contributed by atoms with E-state index in [2.05, 4.69) is 40.4 Å². The molecule has 3 heterocycles. The van der Waals surface area contributed by atoms with Gasteiger partial charge in [0.2, 0.25) is 17.7 Å².